The number of benzene rings is 1. The molecule has 0 aromatic heterocycles. The summed E-state index contributed by atoms with van der Waals surface area (Å²) in [5, 5.41) is 0. The van der Waals surface area contributed by atoms with Crippen LogP contribution in [0.1, 0.15) is 5.56 Å². The van der Waals surface area contributed by atoms with Crippen molar-refractivity contribution >= 4 is 10.9 Å². The second-order valence-corrected chi connectivity index (χ2v) is 3.05. The summed E-state index contributed by atoms with van der Waals surface area (Å²) in [4.78, 5) is 0. The van der Waals surface area contributed by atoms with Gasteiger partial charge in [-0.05, 0) is 17.7 Å². The van der Waals surface area contributed by atoms with Crippen molar-refractivity contribution in [2.45, 2.75) is 6.54 Å². The summed E-state index contributed by atoms with van der Waals surface area (Å²) in [6.07, 6.45) is 0. The van der Waals surface area contributed by atoms with Crippen LogP contribution in [0.4, 0.5) is 4.39 Å². The van der Waals surface area contributed by atoms with Gasteiger partial charge in [-0.3, -0.25) is 0 Å². The van der Waals surface area contributed by atoms with Crippen molar-refractivity contribution in [1.82, 2.24) is 4.72 Å². The second-order valence-electron chi connectivity index (χ2n) is 2.22. The second kappa shape index (κ2) is 4.18. The van der Waals surface area contributed by atoms with Crippen LogP contribution in [0, 0.1) is 5.82 Å². The van der Waals surface area contributed by atoms with E-state index >= 15 is 0 Å². The van der Waals surface area contributed by atoms with E-state index in [0.717, 1.165) is 5.56 Å². The summed E-state index contributed by atoms with van der Waals surface area (Å²) in [5.74, 6) is -0.328. The first-order chi connectivity index (χ1) is 5.68. The zero-order chi connectivity index (χ0) is 8.97. The Morgan fingerprint density at radius 2 is 1.83 bits per heavy atom. The largest absolute Gasteiger partial charge is 0.216 e. The summed E-state index contributed by atoms with van der Waals surface area (Å²) < 4.78 is 34.7. The summed E-state index contributed by atoms with van der Waals surface area (Å²) >= 11 is 0. The van der Waals surface area contributed by atoms with E-state index in [1.54, 1.807) is 0 Å². The number of hydrogen-bond acceptors (Lipinski definition) is 2. The molecule has 0 atom stereocenters. The normalized spacial score (nSPS) is 10.5. The lowest BCUT2D eigenvalue weighted by Gasteiger charge is -1.97. The highest BCUT2D eigenvalue weighted by Crippen LogP contribution is 2.01. The van der Waals surface area contributed by atoms with Gasteiger partial charge in [-0.1, -0.05) is 12.1 Å². The smallest absolute Gasteiger partial charge is 0.201 e. The van der Waals surface area contributed by atoms with Crippen LogP contribution >= 0.6 is 0 Å². The fourth-order valence-electron chi connectivity index (χ4n) is 0.758. The van der Waals surface area contributed by atoms with E-state index in [1.165, 1.54) is 24.3 Å². The van der Waals surface area contributed by atoms with Crippen molar-refractivity contribution in [1.29, 1.82) is 0 Å². The molecule has 66 valence electrons. The van der Waals surface area contributed by atoms with Gasteiger partial charge in [-0.15, -0.1) is 0 Å². The van der Waals surface area contributed by atoms with Crippen LogP contribution in [0.3, 0.4) is 0 Å². The first kappa shape index (κ1) is 9.15. The molecule has 0 saturated heterocycles. The Hall–Kier alpha value is -0.940. The van der Waals surface area contributed by atoms with Gasteiger partial charge in [0.1, 0.15) is 5.82 Å². The molecule has 5 heteroatoms. The summed E-state index contributed by atoms with van der Waals surface area (Å²) in [5.41, 5.74) is 0.732. The number of hydrogen-bond donors (Lipinski definition) is 2. The molecule has 1 N–H and O–H groups in total. The van der Waals surface area contributed by atoms with Gasteiger partial charge in [0.2, 0.25) is 10.9 Å². The molecule has 0 bridgehead atoms. The predicted molar refractivity (Wildman–Crippen MR) is 43.6 cm³/mol. The quantitative estimate of drug-likeness (QED) is 0.678. The molecule has 1 aromatic rings. The van der Waals surface area contributed by atoms with E-state index in [2.05, 4.69) is 4.72 Å². The third-order valence-corrected chi connectivity index (χ3v) is 1.74. The van der Waals surface area contributed by atoms with Gasteiger partial charge in [-0.2, -0.15) is 0 Å². The minimum absolute atomic E-state index is 0.207. The number of nitrogens with one attached hydrogen (secondary N) is 1. The first-order valence-electron chi connectivity index (χ1n) is 3.31. The lowest BCUT2D eigenvalue weighted by atomic mass is 10.2. The van der Waals surface area contributed by atoms with Gasteiger partial charge in [0.15, 0.2) is 0 Å². The lowest BCUT2D eigenvalue weighted by molar-refractivity contribution is 0.601. The van der Waals surface area contributed by atoms with Gasteiger partial charge >= 0.3 is 0 Å². The molecule has 0 heterocycles. The first-order valence-corrected chi connectivity index (χ1v) is 4.48. The molecule has 0 spiro atoms. The van der Waals surface area contributed by atoms with Crippen LogP contribution in [0.15, 0.2) is 24.3 Å². The molecule has 0 radical (unpaired) electrons. The molecule has 3 nitrogen and oxygen atoms in total. The van der Waals surface area contributed by atoms with Crippen molar-refractivity contribution in [3.8, 4) is 0 Å². The molecule has 0 saturated carbocycles. The van der Waals surface area contributed by atoms with Crippen LogP contribution in [0.2, 0.25) is 0 Å². The fourth-order valence-corrected chi connectivity index (χ4v) is 1.07. The van der Waals surface area contributed by atoms with Crippen LogP contribution in [0.25, 0.3) is 0 Å². The lowest BCUT2D eigenvalue weighted by Crippen LogP contribution is -2.09. The van der Waals surface area contributed by atoms with Gasteiger partial charge in [0, 0.05) is 6.54 Å². The molecule has 0 amide bonds. The van der Waals surface area contributed by atoms with Crippen LogP contribution in [-0.2, 0) is 17.4 Å². The number of rotatable bonds is 3. The van der Waals surface area contributed by atoms with Crippen molar-refractivity contribution in [3.05, 3.63) is 35.6 Å². The highest BCUT2D eigenvalue weighted by atomic mass is 32.2. The number of thiol groups is 1. The molecular formula is C7H8FNO2S. The predicted octanol–water partition coefficient (Wildman–Crippen LogP) is 0.442. The van der Waals surface area contributed by atoms with Gasteiger partial charge in [0.25, 0.3) is 0 Å². The third kappa shape index (κ3) is 2.98. The molecular weight excluding hydrogens is 181 g/mol. The Bertz CT molecular complexity index is 313. The molecule has 0 unspecified atom stereocenters. The van der Waals surface area contributed by atoms with E-state index in [-0.39, 0.29) is 12.4 Å². The molecule has 0 aliphatic heterocycles. The van der Waals surface area contributed by atoms with Crippen molar-refractivity contribution < 1.29 is 12.8 Å². The standard InChI is InChI=1S/C7H8FNO2S/c8-7-3-1-6(2-4-7)5-9-12(10)11/h1-4,12H,5H2,(H,9,10,11). The zero-order valence-electron chi connectivity index (χ0n) is 6.16. The van der Waals surface area contributed by atoms with Crippen LogP contribution in [0.5, 0.6) is 0 Å². The number of halogens is 1. The summed E-state index contributed by atoms with van der Waals surface area (Å²) in [6, 6.07) is 5.63. The Morgan fingerprint density at radius 3 is 2.33 bits per heavy atom. The van der Waals surface area contributed by atoms with Crippen molar-refractivity contribution in [3.63, 3.8) is 0 Å². The van der Waals surface area contributed by atoms with Gasteiger partial charge in [-0.25, -0.2) is 17.5 Å². The van der Waals surface area contributed by atoms with Crippen molar-refractivity contribution in [2.75, 3.05) is 0 Å². The van der Waals surface area contributed by atoms with Gasteiger partial charge < -0.3 is 0 Å². The Balaban J connectivity index is 2.59. The maximum absolute atomic E-state index is 12.3. The zero-order valence-corrected chi connectivity index (χ0v) is 7.05. The molecule has 1 rings (SSSR count). The Kier molecular flexibility index (Phi) is 3.19. The summed E-state index contributed by atoms with van der Waals surface area (Å²) in [7, 11) is -2.58. The van der Waals surface area contributed by atoms with E-state index in [0.29, 0.717) is 0 Å². The van der Waals surface area contributed by atoms with Crippen LogP contribution < -0.4 is 4.72 Å². The van der Waals surface area contributed by atoms with Crippen molar-refractivity contribution in [2.24, 2.45) is 0 Å². The monoisotopic (exact) mass is 189 g/mol. The van der Waals surface area contributed by atoms with E-state index in [9.17, 15) is 12.8 Å². The third-order valence-electron chi connectivity index (χ3n) is 1.33. The average molecular weight is 189 g/mol. The molecule has 1 aromatic carbocycles. The molecule has 0 fully saturated rings. The SMILES string of the molecule is O=[SH](=O)NCc1ccc(F)cc1. The fraction of sp³-hybridized carbons (Fsp3) is 0.143. The molecule has 0 aliphatic carbocycles. The Morgan fingerprint density at radius 1 is 1.25 bits per heavy atom. The summed E-state index contributed by atoms with van der Waals surface area (Å²) in [6.45, 7) is 0.207. The van der Waals surface area contributed by atoms with Crippen LogP contribution in [-0.4, -0.2) is 8.42 Å². The Labute approximate surface area is 71.3 Å². The van der Waals surface area contributed by atoms with E-state index in [1.807, 2.05) is 0 Å². The maximum Gasteiger partial charge on any atom is 0.201 e. The minimum atomic E-state index is -2.58. The topological polar surface area (TPSA) is 46.2 Å². The average Bonchev–Trinajstić information content (AvgIpc) is 2.03. The molecule has 0 aliphatic rings. The van der Waals surface area contributed by atoms with Gasteiger partial charge in [0.05, 0.1) is 0 Å². The van der Waals surface area contributed by atoms with E-state index in [4.69, 9.17) is 0 Å². The van der Waals surface area contributed by atoms with E-state index < -0.39 is 10.9 Å². The minimum Gasteiger partial charge on any atom is -0.216 e. The highest BCUT2D eigenvalue weighted by molar-refractivity contribution is 7.70. The highest BCUT2D eigenvalue weighted by Gasteiger charge is 1.92. The maximum atomic E-state index is 12.3. The molecule has 12 heavy (non-hydrogen) atoms.